The maximum atomic E-state index is 13.1. The van der Waals surface area contributed by atoms with E-state index >= 15 is 0 Å². The molecule has 0 amide bonds. The predicted octanol–water partition coefficient (Wildman–Crippen LogP) is 3.77. The van der Waals surface area contributed by atoms with E-state index in [-0.39, 0.29) is 5.95 Å². The number of aromatic nitrogens is 1. The van der Waals surface area contributed by atoms with Crippen LogP contribution in [-0.2, 0) is 0 Å². The van der Waals surface area contributed by atoms with Gasteiger partial charge in [-0.3, -0.25) is 0 Å². The van der Waals surface area contributed by atoms with Crippen LogP contribution in [0.1, 0.15) is 44.9 Å². The molecule has 2 nitrogen and oxygen atoms in total. The number of halogens is 1. The first-order chi connectivity index (χ1) is 8.77. The van der Waals surface area contributed by atoms with Crippen molar-refractivity contribution in [1.82, 2.24) is 4.98 Å². The van der Waals surface area contributed by atoms with E-state index in [1.165, 1.54) is 44.9 Å². The van der Waals surface area contributed by atoms with E-state index < -0.39 is 0 Å². The summed E-state index contributed by atoms with van der Waals surface area (Å²) in [6.07, 6.45) is 11.2. The highest BCUT2D eigenvalue weighted by Crippen LogP contribution is 2.45. The van der Waals surface area contributed by atoms with Crippen LogP contribution in [0.15, 0.2) is 18.3 Å². The van der Waals surface area contributed by atoms with Crippen LogP contribution in [0.25, 0.3) is 0 Å². The first-order valence-electron chi connectivity index (χ1n) is 7.14. The minimum absolute atomic E-state index is 0.370. The van der Waals surface area contributed by atoms with Crippen LogP contribution in [0.4, 0.5) is 10.1 Å². The summed E-state index contributed by atoms with van der Waals surface area (Å²) in [5, 5.41) is 0. The standard InChI is InChI=1S/C15H21FN2/c16-14-12-13(4-9-17-14)18-10-7-15(8-11-18)5-2-1-3-6-15/h4,9,12H,1-3,5-8,10-11H2. The van der Waals surface area contributed by atoms with Crippen molar-refractivity contribution in [2.24, 2.45) is 5.41 Å². The zero-order chi connectivity index (χ0) is 12.4. The quantitative estimate of drug-likeness (QED) is 0.703. The first-order valence-corrected chi connectivity index (χ1v) is 7.14. The molecule has 1 aliphatic carbocycles. The molecule has 18 heavy (non-hydrogen) atoms. The minimum atomic E-state index is -0.370. The fraction of sp³-hybridized carbons (Fsp3) is 0.667. The molecule has 1 saturated carbocycles. The van der Waals surface area contributed by atoms with E-state index in [1.54, 1.807) is 12.3 Å². The number of nitrogens with zero attached hydrogens (tertiary/aromatic N) is 2. The number of hydrogen-bond donors (Lipinski definition) is 0. The Morgan fingerprint density at radius 3 is 2.44 bits per heavy atom. The van der Waals surface area contributed by atoms with Gasteiger partial charge in [0.05, 0.1) is 0 Å². The first kappa shape index (κ1) is 11.9. The second-order valence-electron chi connectivity index (χ2n) is 5.88. The lowest BCUT2D eigenvalue weighted by Crippen LogP contribution is -2.41. The number of hydrogen-bond acceptors (Lipinski definition) is 2. The summed E-state index contributed by atoms with van der Waals surface area (Å²) in [5.41, 5.74) is 1.61. The minimum Gasteiger partial charge on any atom is -0.371 e. The van der Waals surface area contributed by atoms with E-state index in [4.69, 9.17) is 0 Å². The van der Waals surface area contributed by atoms with Gasteiger partial charge in [0.15, 0.2) is 0 Å². The van der Waals surface area contributed by atoms with Crippen LogP contribution in [-0.4, -0.2) is 18.1 Å². The van der Waals surface area contributed by atoms with Crippen LogP contribution in [0.3, 0.4) is 0 Å². The highest BCUT2D eigenvalue weighted by molar-refractivity contribution is 5.45. The van der Waals surface area contributed by atoms with Crippen molar-refractivity contribution in [3.63, 3.8) is 0 Å². The van der Waals surface area contributed by atoms with Crippen LogP contribution >= 0.6 is 0 Å². The Morgan fingerprint density at radius 1 is 1.06 bits per heavy atom. The average Bonchev–Trinajstić information content (AvgIpc) is 2.40. The highest BCUT2D eigenvalue weighted by atomic mass is 19.1. The summed E-state index contributed by atoms with van der Waals surface area (Å²) in [6, 6.07) is 3.47. The Kier molecular flexibility index (Phi) is 3.23. The molecule has 1 spiro atoms. The Balaban J connectivity index is 1.66. The molecule has 1 aromatic heterocycles. The second-order valence-corrected chi connectivity index (χ2v) is 5.88. The van der Waals surface area contributed by atoms with Crippen LogP contribution in [0.5, 0.6) is 0 Å². The van der Waals surface area contributed by atoms with Crippen molar-refractivity contribution in [2.75, 3.05) is 18.0 Å². The van der Waals surface area contributed by atoms with Crippen LogP contribution < -0.4 is 4.90 Å². The van der Waals surface area contributed by atoms with Gasteiger partial charge in [-0.05, 0) is 37.2 Å². The molecular weight excluding hydrogens is 227 g/mol. The third-order valence-corrected chi connectivity index (χ3v) is 4.81. The van der Waals surface area contributed by atoms with Crippen molar-refractivity contribution < 1.29 is 4.39 Å². The molecule has 0 unspecified atom stereocenters. The van der Waals surface area contributed by atoms with E-state index in [0.29, 0.717) is 5.41 Å². The summed E-state index contributed by atoms with van der Waals surface area (Å²) in [5.74, 6) is -0.370. The SMILES string of the molecule is Fc1cc(N2CCC3(CCCCC3)CC2)ccn1. The maximum Gasteiger partial charge on any atom is 0.214 e. The van der Waals surface area contributed by atoms with E-state index in [1.807, 2.05) is 6.07 Å². The van der Waals surface area contributed by atoms with Gasteiger partial charge in [-0.1, -0.05) is 19.3 Å². The predicted molar refractivity (Wildman–Crippen MR) is 71.2 cm³/mol. The van der Waals surface area contributed by atoms with Crippen molar-refractivity contribution >= 4 is 5.69 Å². The van der Waals surface area contributed by atoms with Gasteiger partial charge in [0.25, 0.3) is 0 Å². The lowest BCUT2D eigenvalue weighted by atomic mass is 9.68. The van der Waals surface area contributed by atoms with Gasteiger partial charge < -0.3 is 4.90 Å². The molecule has 1 aliphatic heterocycles. The van der Waals surface area contributed by atoms with Gasteiger partial charge in [-0.25, -0.2) is 4.98 Å². The second kappa shape index (κ2) is 4.87. The maximum absolute atomic E-state index is 13.1. The third-order valence-electron chi connectivity index (χ3n) is 4.81. The third kappa shape index (κ3) is 2.36. The summed E-state index contributed by atoms with van der Waals surface area (Å²) in [6.45, 7) is 2.15. The number of piperidine rings is 1. The van der Waals surface area contributed by atoms with Crippen molar-refractivity contribution in [3.05, 3.63) is 24.3 Å². The Labute approximate surface area is 108 Å². The van der Waals surface area contributed by atoms with Gasteiger partial charge in [0.2, 0.25) is 5.95 Å². The molecule has 98 valence electrons. The molecule has 2 fully saturated rings. The summed E-state index contributed by atoms with van der Waals surface area (Å²) >= 11 is 0. The summed E-state index contributed by atoms with van der Waals surface area (Å²) < 4.78 is 13.1. The molecule has 3 heteroatoms. The zero-order valence-electron chi connectivity index (χ0n) is 10.9. The molecular formula is C15H21FN2. The molecule has 1 aromatic rings. The molecule has 2 heterocycles. The van der Waals surface area contributed by atoms with E-state index in [0.717, 1.165) is 18.8 Å². The van der Waals surface area contributed by atoms with Crippen molar-refractivity contribution in [1.29, 1.82) is 0 Å². The lowest BCUT2D eigenvalue weighted by molar-refractivity contribution is 0.144. The normalized spacial score (nSPS) is 23.3. The number of anilines is 1. The lowest BCUT2D eigenvalue weighted by Gasteiger charge is -2.45. The number of rotatable bonds is 1. The molecule has 2 aliphatic rings. The molecule has 0 bridgehead atoms. The number of pyridine rings is 1. The average molecular weight is 248 g/mol. The largest absolute Gasteiger partial charge is 0.371 e. The van der Waals surface area contributed by atoms with Crippen molar-refractivity contribution in [2.45, 2.75) is 44.9 Å². The smallest absolute Gasteiger partial charge is 0.214 e. The zero-order valence-corrected chi connectivity index (χ0v) is 10.9. The topological polar surface area (TPSA) is 16.1 Å². The molecule has 0 N–H and O–H groups in total. The summed E-state index contributed by atoms with van der Waals surface area (Å²) in [4.78, 5) is 5.93. The van der Waals surface area contributed by atoms with Gasteiger partial charge in [-0.2, -0.15) is 4.39 Å². The highest BCUT2D eigenvalue weighted by Gasteiger charge is 2.35. The molecule has 1 saturated heterocycles. The van der Waals surface area contributed by atoms with Crippen LogP contribution in [0, 0.1) is 11.4 Å². The fourth-order valence-electron chi connectivity index (χ4n) is 3.63. The monoisotopic (exact) mass is 248 g/mol. The van der Waals surface area contributed by atoms with E-state index in [9.17, 15) is 4.39 Å². The van der Waals surface area contributed by atoms with Gasteiger partial charge in [-0.15, -0.1) is 0 Å². The van der Waals surface area contributed by atoms with E-state index in [2.05, 4.69) is 9.88 Å². The molecule has 0 atom stereocenters. The van der Waals surface area contributed by atoms with Crippen molar-refractivity contribution in [3.8, 4) is 0 Å². The van der Waals surface area contributed by atoms with Gasteiger partial charge in [0.1, 0.15) is 0 Å². The Morgan fingerprint density at radius 2 is 1.78 bits per heavy atom. The van der Waals surface area contributed by atoms with Gasteiger partial charge in [0, 0.05) is 31.0 Å². The molecule has 0 aromatic carbocycles. The van der Waals surface area contributed by atoms with Gasteiger partial charge >= 0.3 is 0 Å². The van der Waals surface area contributed by atoms with Crippen LogP contribution in [0.2, 0.25) is 0 Å². The summed E-state index contributed by atoms with van der Waals surface area (Å²) in [7, 11) is 0. The fourth-order valence-corrected chi connectivity index (χ4v) is 3.63. The molecule has 3 rings (SSSR count). The Bertz CT molecular complexity index is 403. The Hall–Kier alpha value is -1.12. The molecule has 0 radical (unpaired) electrons.